The number of nitrogens with zero attached hydrogens (tertiary/aromatic N) is 1. The summed E-state index contributed by atoms with van der Waals surface area (Å²) in [5.74, 6) is -3.20. The molecule has 2 N–H and O–H groups in total. The van der Waals surface area contributed by atoms with Crippen molar-refractivity contribution in [2.75, 3.05) is 10.6 Å². The number of pyridine rings is 1. The molecule has 5 nitrogen and oxygen atoms in total. The molecule has 1 heterocycles. The van der Waals surface area contributed by atoms with Gasteiger partial charge in [-0.1, -0.05) is 34.8 Å². The molecule has 1 aliphatic rings. The van der Waals surface area contributed by atoms with E-state index < -0.39 is 33.9 Å². The van der Waals surface area contributed by atoms with Crippen LogP contribution < -0.4 is 10.6 Å². The van der Waals surface area contributed by atoms with Crippen LogP contribution in [-0.4, -0.2) is 21.1 Å². The maximum atomic E-state index is 13.6. The predicted molar refractivity (Wildman–Crippen MR) is 137 cm³/mol. The quantitative estimate of drug-likeness (QED) is 0.225. The summed E-state index contributed by atoms with van der Waals surface area (Å²) in [5.41, 5.74) is 0.961. The van der Waals surface area contributed by atoms with Gasteiger partial charge in [0.05, 0.1) is 21.0 Å². The number of aromatic nitrogens is 1. The lowest BCUT2D eigenvalue weighted by molar-refractivity contribution is -0.117. The molecule has 12 heteroatoms. The Bertz CT molecular complexity index is 1300. The second kappa shape index (κ2) is 9.80. The largest absolute Gasteiger partial charge is 0.326 e. The minimum atomic E-state index is -1.36. The summed E-state index contributed by atoms with van der Waals surface area (Å²) >= 11 is 34.0. The molecule has 176 valence electrons. The molecule has 1 aromatic heterocycles. The van der Waals surface area contributed by atoms with Gasteiger partial charge in [-0.05, 0) is 70.0 Å². The van der Waals surface area contributed by atoms with Crippen LogP contribution >= 0.6 is 73.9 Å². The monoisotopic (exact) mass is 623 g/mol. The number of alkyl halides is 2. The van der Waals surface area contributed by atoms with E-state index in [4.69, 9.17) is 58.0 Å². The highest BCUT2D eigenvalue weighted by atomic mass is 79.9. The molecule has 2 amide bonds. The van der Waals surface area contributed by atoms with Gasteiger partial charge in [-0.3, -0.25) is 9.59 Å². The Labute approximate surface area is 227 Å². The average molecular weight is 627 g/mol. The van der Waals surface area contributed by atoms with E-state index in [0.29, 0.717) is 15.6 Å². The zero-order chi connectivity index (χ0) is 24.8. The highest BCUT2D eigenvalue weighted by Crippen LogP contribution is 2.65. The highest BCUT2D eigenvalue weighted by Gasteiger charge is 2.67. The van der Waals surface area contributed by atoms with Crippen LogP contribution in [0.4, 0.5) is 15.9 Å². The van der Waals surface area contributed by atoms with Gasteiger partial charge in [-0.2, -0.15) is 4.39 Å². The van der Waals surface area contributed by atoms with Crippen molar-refractivity contribution in [1.29, 1.82) is 0 Å². The van der Waals surface area contributed by atoms with E-state index in [0.717, 1.165) is 0 Å². The maximum Gasteiger partial charge on any atom is 0.258 e. The van der Waals surface area contributed by atoms with Crippen LogP contribution in [0.1, 0.15) is 21.8 Å². The summed E-state index contributed by atoms with van der Waals surface area (Å²) in [4.78, 5) is 29.2. The van der Waals surface area contributed by atoms with Gasteiger partial charge in [0.2, 0.25) is 11.9 Å². The standard InChI is InChI=1S/C22H12BrCl5FN3O2/c23-14-2-4-16(31-19(14)29)32-20(33)13-8-12(1-3-15(13)26)30-21(34)18-17(22(18,27)28)9-5-10(24)7-11(25)6-9/h1-8,17-18H,(H,30,34)(H,31,32,33)/t17-,18+/m0/s1. The number of benzene rings is 2. The third-order valence-electron chi connectivity index (χ3n) is 5.10. The van der Waals surface area contributed by atoms with Crippen molar-refractivity contribution in [2.45, 2.75) is 10.3 Å². The Hall–Kier alpha value is -1.61. The maximum absolute atomic E-state index is 13.6. The molecule has 1 fully saturated rings. The van der Waals surface area contributed by atoms with Crippen molar-refractivity contribution in [3.05, 3.63) is 85.1 Å². The van der Waals surface area contributed by atoms with Crippen LogP contribution in [0, 0.1) is 11.9 Å². The summed E-state index contributed by atoms with van der Waals surface area (Å²) in [5, 5.41) is 6.07. The van der Waals surface area contributed by atoms with E-state index in [1.165, 1.54) is 30.3 Å². The van der Waals surface area contributed by atoms with Crippen molar-refractivity contribution < 1.29 is 14.0 Å². The van der Waals surface area contributed by atoms with Crippen molar-refractivity contribution in [2.24, 2.45) is 5.92 Å². The Kier molecular flexibility index (Phi) is 7.34. The van der Waals surface area contributed by atoms with E-state index in [-0.39, 0.29) is 26.6 Å². The topological polar surface area (TPSA) is 71.1 Å². The fourth-order valence-electron chi connectivity index (χ4n) is 3.49. The Morgan fingerprint density at radius 1 is 0.971 bits per heavy atom. The van der Waals surface area contributed by atoms with Crippen molar-refractivity contribution in [3.63, 3.8) is 0 Å². The lowest BCUT2D eigenvalue weighted by Gasteiger charge is -2.10. The van der Waals surface area contributed by atoms with Gasteiger partial charge in [0, 0.05) is 21.7 Å². The predicted octanol–water partition coefficient (Wildman–Crippen LogP) is 7.72. The molecule has 0 spiro atoms. The summed E-state index contributed by atoms with van der Waals surface area (Å²) < 4.78 is 12.4. The van der Waals surface area contributed by atoms with Gasteiger partial charge in [0.15, 0.2) is 0 Å². The third-order valence-corrected chi connectivity index (χ3v) is 7.40. The van der Waals surface area contributed by atoms with Gasteiger partial charge in [0.1, 0.15) is 10.2 Å². The van der Waals surface area contributed by atoms with Crippen LogP contribution in [0.3, 0.4) is 0 Å². The molecule has 2 atom stereocenters. The van der Waals surface area contributed by atoms with Gasteiger partial charge >= 0.3 is 0 Å². The first-order chi connectivity index (χ1) is 16.0. The fraction of sp³-hybridized carbons (Fsp3) is 0.136. The molecular formula is C22H12BrCl5FN3O2. The van der Waals surface area contributed by atoms with Crippen molar-refractivity contribution >= 4 is 97.3 Å². The van der Waals surface area contributed by atoms with E-state index in [1.54, 1.807) is 18.2 Å². The van der Waals surface area contributed by atoms with E-state index in [9.17, 15) is 14.0 Å². The highest BCUT2D eigenvalue weighted by molar-refractivity contribution is 9.10. The third kappa shape index (κ3) is 5.30. The van der Waals surface area contributed by atoms with Crippen LogP contribution in [0.25, 0.3) is 0 Å². The lowest BCUT2D eigenvalue weighted by atomic mass is 10.1. The van der Waals surface area contributed by atoms with E-state index >= 15 is 0 Å². The van der Waals surface area contributed by atoms with Crippen LogP contribution in [0.5, 0.6) is 0 Å². The molecule has 1 saturated carbocycles. The molecule has 2 aromatic carbocycles. The normalized spacial score (nSPS) is 18.3. The lowest BCUT2D eigenvalue weighted by Crippen LogP contribution is -2.18. The second-order valence-corrected chi connectivity index (χ2v) is 11.0. The van der Waals surface area contributed by atoms with Crippen molar-refractivity contribution in [1.82, 2.24) is 4.98 Å². The first kappa shape index (κ1) is 25.5. The number of carbonyl (C=O) groups excluding carboxylic acids is 2. The summed E-state index contributed by atoms with van der Waals surface area (Å²) in [6, 6.07) is 12.0. The second-order valence-electron chi connectivity index (χ2n) is 7.44. The summed E-state index contributed by atoms with van der Waals surface area (Å²) in [6.45, 7) is 0. The average Bonchev–Trinajstić information content (AvgIpc) is 3.33. The SMILES string of the molecule is O=C(Nc1ccc(Br)c(F)n1)c1cc(NC(=O)[C@H]2[C@H](c3cc(Cl)cc(Cl)c3)C2(Cl)Cl)ccc1Cl. The van der Waals surface area contributed by atoms with E-state index in [1.807, 2.05) is 0 Å². The minimum Gasteiger partial charge on any atom is -0.326 e. The Morgan fingerprint density at radius 2 is 1.65 bits per heavy atom. The van der Waals surface area contributed by atoms with Gasteiger partial charge in [-0.25, -0.2) is 4.98 Å². The van der Waals surface area contributed by atoms with Crippen molar-refractivity contribution in [3.8, 4) is 0 Å². The molecule has 0 saturated heterocycles. The molecule has 0 aliphatic heterocycles. The number of halogens is 7. The number of amides is 2. The molecule has 4 rings (SSSR count). The van der Waals surface area contributed by atoms with Gasteiger partial charge in [-0.15, -0.1) is 23.2 Å². The molecule has 0 radical (unpaired) electrons. The molecule has 3 aromatic rings. The zero-order valence-electron chi connectivity index (χ0n) is 16.7. The Morgan fingerprint density at radius 3 is 2.29 bits per heavy atom. The molecule has 0 bridgehead atoms. The summed E-state index contributed by atoms with van der Waals surface area (Å²) in [7, 11) is 0. The number of rotatable bonds is 5. The van der Waals surface area contributed by atoms with E-state index in [2.05, 4.69) is 31.5 Å². The van der Waals surface area contributed by atoms with Crippen LogP contribution in [-0.2, 0) is 4.79 Å². The number of hydrogen-bond acceptors (Lipinski definition) is 3. The summed E-state index contributed by atoms with van der Waals surface area (Å²) in [6.07, 6.45) is 0. The van der Waals surface area contributed by atoms with Gasteiger partial charge < -0.3 is 10.6 Å². The first-order valence-corrected chi connectivity index (χ1v) is 12.2. The number of nitrogens with one attached hydrogen (secondary N) is 2. The van der Waals surface area contributed by atoms with Crippen LogP contribution in [0.15, 0.2) is 53.0 Å². The zero-order valence-corrected chi connectivity index (χ0v) is 22.0. The molecule has 0 unspecified atom stereocenters. The molecule has 1 aliphatic carbocycles. The van der Waals surface area contributed by atoms with Gasteiger partial charge in [0.25, 0.3) is 5.91 Å². The number of anilines is 2. The van der Waals surface area contributed by atoms with Crippen LogP contribution in [0.2, 0.25) is 15.1 Å². The molecule has 34 heavy (non-hydrogen) atoms. The fourth-order valence-corrected chi connectivity index (χ4v) is 5.29. The molecular weight excluding hydrogens is 614 g/mol. The first-order valence-electron chi connectivity index (χ1n) is 9.55. The Balaban J connectivity index is 1.51. The minimum absolute atomic E-state index is 0.00808. The number of carbonyl (C=O) groups is 2. The smallest absolute Gasteiger partial charge is 0.258 e. The number of hydrogen-bond donors (Lipinski definition) is 2.